The van der Waals surface area contributed by atoms with Crippen LogP contribution in [-0.4, -0.2) is 36.2 Å². The Kier molecular flexibility index (Phi) is 2.59. The van der Waals surface area contributed by atoms with Gasteiger partial charge in [-0.05, 0) is 13.0 Å². The molecule has 4 heteroatoms. The van der Waals surface area contributed by atoms with E-state index in [2.05, 4.69) is 0 Å². The van der Waals surface area contributed by atoms with Gasteiger partial charge < -0.3 is 10.6 Å². The van der Waals surface area contributed by atoms with E-state index in [1.54, 1.807) is 4.90 Å². The fourth-order valence-electron chi connectivity index (χ4n) is 1.12. The predicted octanol–water partition coefficient (Wildman–Crippen LogP) is -0.863. The van der Waals surface area contributed by atoms with Crippen LogP contribution in [0.5, 0.6) is 0 Å². The molecule has 0 unspecified atom stereocenters. The average Bonchev–Trinajstić information content (AvgIpc) is 2.26. The van der Waals surface area contributed by atoms with E-state index in [1.165, 1.54) is 0 Å². The van der Waals surface area contributed by atoms with Crippen molar-refractivity contribution in [2.45, 2.75) is 12.8 Å². The molecule has 0 atom stereocenters. The second-order valence-electron chi connectivity index (χ2n) is 2.67. The number of hydrogen-bond acceptors (Lipinski definition) is 3. The molecule has 4 nitrogen and oxygen atoms in total. The molecule has 1 heterocycles. The van der Waals surface area contributed by atoms with Gasteiger partial charge in [0, 0.05) is 6.54 Å². The second kappa shape index (κ2) is 3.48. The number of carbonyl (C=O) groups excluding carboxylic acids is 2. The molecule has 1 aliphatic heterocycles. The standard InChI is InChI=1S/C7H12N2O2/c8-2-1-3-9-5-6(10)4-7(9)11/h1-5,8H2. The van der Waals surface area contributed by atoms with Gasteiger partial charge in [-0.25, -0.2) is 0 Å². The first-order valence-corrected chi connectivity index (χ1v) is 3.73. The predicted molar refractivity (Wildman–Crippen MR) is 39.9 cm³/mol. The van der Waals surface area contributed by atoms with Crippen LogP contribution in [0.4, 0.5) is 0 Å². The molecule has 0 radical (unpaired) electrons. The second-order valence-corrected chi connectivity index (χ2v) is 2.67. The summed E-state index contributed by atoms with van der Waals surface area (Å²) in [6, 6.07) is 0. The van der Waals surface area contributed by atoms with Crippen LogP contribution in [0.15, 0.2) is 0 Å². The first-order chi connectivity index (χ1) is 5.24. The highest BCUT2D eigenvalue weighted by atomic mass is 16.2. The van der Waals surface area contributed by atoms with E-state index < -0.39 is 0 Å². The first-order valence-electron chi connectivity index (χ1n) is 3.73. The summed E-state index contributed by atoms with van der Waals surface area (Å²) in [5.41, 5.74) is 5.26. The maximum atomic E-state index is 11.0. The third-order valence-corrected chi connectivity index (χ3v) is 1.70. The lowest BCUT2D eigenvalue weighted by atomic mass is 10.3. The van der Waals surface area contributed by atoms with E-state index in [-0.39, 0.29) is 18.1 Å². The van der Waals surface area contributed by atoms with Gasteiger partial charge >= 0.3 is 0 Å². The van der Waals surface area contributed by atoms with Crippen LogP contribution in [0.2, 0.25) is 0 Å². The smallest absolute Gasteiger partial charge is 0.230 e. The molecule has 0 aromatic carbocycles. The fourth-order valence-corrected chi connectivity index (χ4v) is 1.12. The summed E-state index contributed by atoms with van der Waals surface area (Å²) in [5, 5.41) is 0. The fraction of sp³-hybridized carbons (Fsp3) is 0.714. The molecular formula is C7H12N2O2. The summed E-state index contributed by atoms with van der Waals surface area (Å²) in [4.78, 5) is 23.3. The van der Waals surface area contributed by atoms with Gasteiger partial charge in [-0.15, -0.1) is 0 Å². The summed E-state index contributed by atoms with van der Waals surface area (Å²) in [5.74, 6) is -0.0320. The minimum atomic E-state index is -0.0524. The minimum Gasteiger partial charge on any atom is -0.335 e. The monoisotopic (exact) mass is 156 g/mol. The maximum absolute atomic E-state index is 11.0. The number of likely N-dealkylation sites (tertiary alicyclic amines) is 1. The van der Waals surface area contributed by atoms with Crippen molar-refractivity contribution < 1.29 is 9.59 Å². The zero-order chi connectivity index (χ0) is 8.27. The zero-order valence-electron chi connectivity index (χ0n) is 6.38. The van der Waals surface area contributed by atoms with Gasteiger partial charge in [-0.2, -0.15) is 0 Å². The quantitative estimate of drug-likeness (QED) is 0.540. The first kappa shape index (κ1) is 8.20. The van der Waals surface area contributed by atoms with Crippen molar-refractivity contribution in [3.8, 4) is 0 Å². The van der Waals surface area contributed by atoms with Crippen molar-refractivity contribution in [2.24, 2.45) is 5.73 Å². The molecule has 1 saturated heterocycles. The molecule has 1 fully saturated rings. The Morgan fingerprint density at radius 1 is 1.45 bits per heavy atom. The molecule has 0 aliphatic carbocycles. The summed E-state index contributed by atoms with van der Waals surface area (Å²) in [7, 11) is 0. The Labute approximate surface area is 65.3 Å². The van der Waals surface area contributed by atoms with E-state index in [9.17, 15) is 9.59 Å². The number of hydrogen-bond donors (Lipinski definition) is 1. The van der Waals surface area contributed by atoms with Gasteiger partial charge in [0.25, 0.3) is 0 Å². The number of nitrogens with zero attached hydrogens (tertiary/aromatic N) is 1. The largest absolute Gasteiger partial charge is 0.335 e. The van der Waals surface area contributed by atoms with E-state index in [0.717, 1.165) is 6.42 Å². The average molecular weight is 156 g/mol. The van der Waals surface area contributed by atoms with Gasteiger partial charge in [0.1, 0.15) is 0 Å². The molecule has 0 saturated carbocycles. The van der Waals surface area contributed by atoms with E-state index in [0.29, 0.717) is 19.6 Å². The van der Waals surface area contributed by atoms with Gasteiger partial charge in [-0.1, -0.05) is 0 Å². The van der Waals surface area contributed by atoms with Crippen LogP contribution in [-0.2, 0) is 9.59 Å². The van der Waals surface area contributed by atoms with Gasteiger partial charge in [-0.3, -0.25) is 9.59 Å². The molecule has 0 bridgehead atoms. The van der Waals surface area contributed by atoms with Crippen molar-refractivity contribution in [3.63, 3.8) is 0 Å². The molecule has 1 amide bonds. The van der Waals surface area contributed by atoms with Crippen LogP contribution < -0.4 is 5.73 Å². The van der Waals surface area contributed by atoms with Crippen molar-refractivity contribution >= 4 is 11.7 Å². The van der Waals surface area contributed by atoms with E-state index in [1.807, 2.05) is 0 Å². The highest BCUT2D eigenvalue weighted by Crippen LogP contribution is 2.05. The van der Waals surface area contributed by atoms with Crippen LogP contribution >= 0.6 is 0 Å². The summed E-state index contributed by atoms with van der Waals surface area (Å²) in [6.45, 7) is 1.48. The normalized spacial score (nSPS) is 18.1. The van der Waals surface area contributed by atoms with E-state index >= 15 is 0 Å². The lowest BCUT2D eigenvalue weighted by Crippen LogP contribution is -2.27. The van der Waals surface area contributed by atoms with Crippen molar-refractivity contribution in [2.75, 3.05) is 19.6 Å². The van der Waals surface area contributed by atoms with Crippen LogP contribution in [0.25, 0.3) is 0 Å². The molecule has 62 valence electrons. The molecule has 1 rings (SSSR count). The Hall–Kier alpha value is -0.900. The van der Waals surface area contributed by atoms with Gasteiger partial charge in [0.15, 0.2) is 5.78 Å². The Morgan fingerprint density at radius 2 is 2.18 bits per heavy atom. The van der Waals surface area contributed by atoms with Crippen LogP contribution in [0.1, 0.15) is 12.8 Å². The molecular weight excluding hydrogens is 144 g/mol. The van der Waals surface area contributed by atoms with Crippen molar-refractivity contribution in [1.82, 2.24) is 4.90 Å². The molecule has 2 N–H and O–H groups in total. The summed E-state index contributed by atoms with van der Waals surface area (Å²) in [6.07, 6.45) is 0.865. The molecule has 11 heavy (non-hydrogen) atoms. The molecule has 0 aromatic heterocycles. The number of rotatable bonds is 3. The Morgan fingerprint density at radius 3 is 2.64 bits per heavy atom. The van der Waals surface area contributed by atoms with Gasteiger partial charge in [0.2, 0.25) is 5.91 Å². The molecule has 0 aromatic rings. The lowest BCUT2D eigenvalue weighted by molar-refractivity contribution is -0.127. The minimum absolute atomic E-state index is 0.0204. The third kappa shape index (κ3) is 2.01. The van der Waals surface area contributed by atoms with Crippen LogP contribution in [0, 0.1) is 0 Å². The number of ketones is 1. The Balaban J connectivity index is 2.34. The number of nitrogens with two attached hydrogens (primary N) is 1. The van der Waals surface area contributed by atoms with Gasteiger partial charge in [0.05, 0.1) is 13.0 Å². The van der Waals surface area contributed by atoms with Crippen LogP contribution in [0.3, 0.4) is 0 Å². The number of carbonyl (C=O) groups is 2. The molecule has 0 spiro atoms. The summed E-state index contributed by atoms with van der Waals surface area (Å²) >= 11 is 0. The maximum Gasteiger partial charge on any atom is 0.230 e. The van der Waals surface area contributed by atoms with Crippen molar-refractivity contribution in [1.29, 1.82) is 0 Å². The zero-order valence-corrected chi connectivity index (χ0v) is 6.38. The highest BCUT2D eigenvalue weighted by Gasteiger charge is 2.26. The topological polar surface area (TPSA) is 63.4 Å². The SMILES string of the molecule is NCCCN1CC(=O)CC1=O. The number of amides is 1. The molecule has 1 aliphatic rings. The van der Waals surface area contributed by atoms with Crippen molar-refractivity contribution in [3.05, 3.63) is 0 Å². The summed E-state index contributed by atoms with van der Waals surface area (Å²) < 4.78 is 0. The highest BCUT2D eigenvalue weighted by molar-refractivity contribution is 6.05. The lowest BCUT2D eigenvalue weighted by Gasteiger charge is -2.12. The van der Waals surface area contributed by atoms with E-state index in [4.69, 9.17) is 5.73 Å². The Bertz CT molecular complexity index is 179. The number of Topliss-reactive ketones (excluding diaryl/α,β-unsaturated/α-hetero) is 1. The third-order valence-electron chi connectivity index (χ3n) is 1.70.